The fraction of sp³-hybridized carbons (Fsp3) is 0.655. The highest BCUT2D eigenvalue weighted by atomic mass is 16.7. The smallest absolute Gasteiger partial charge is 0.171 e. The van der Waals surface area contributed by atoms with Crippen molar-refractivity contribution < 1.29 is 19.4 Å². The maximum absolute atomic E-state index is 13.2. The fourth-order valence-electron chi connectivity index (χ4n) is 8.76. The van der Waals surface area contributed by atoms with E-state index in [1.165, 1.54) is 11.1 Å². The van der Waals surface area contributed by atoms with Crippen molar-refractivity contribution in [2.75, 3.05) is 13.2 Å². The highest BCUT2D eigenvalue weighted by Crippen LogP contribution is 2.64. The van der Waals surface area contributed by atoms with Gasteiger partial charge < -0.3 is 19.1 Å². The van der Waals surface area contributed by atoms with Crippen LogP contribution in [0, 0.1) is 29.1 Å². The van der Waals surface area contributed by atoms with Gasteiger partial charge in [0.2, 0.25) is 0 Å². The average Bonchev–Trinajstić information content (AvgIpc) is 3.60. The Bertz CT molecular complexity index is 1130. The molecule has 7 rings (SSSR count). The number of Topliss-reactive ketones (excluding diaryl/α,β-unsaturated/α-hetero) is 1. The van der Waals surface area contributed by atoms with E-state index in [2.05, 4.69) is 34.7 Å². The van der Waals surface area contributed by atoms with Crippen molar-refractivity contribution in [3.05, 3.63) is 48.1 Å². The minimum absolute atomic E-state index is 0.232. The van der Waals surface area contributed by atoms with Crippen LogP contribution in [0.3, 0.4) is 0 Å². The quantitative estimate of drug-likeness (QED) is 0.628. The number of hydrogen-bond donors (Lipinski definition) is 1. The Hall–Kier alpha value is -2.02. The van der Waals surface area contributed by atoms with Crippen LogP contribution in [0.25, 0.3) is 5.70 Å². The zero-order valence-electron chi connectivity index (χ0n) is 20.6. The summed E-state index contributed by atoms with van der Waals surface area (Å²) in [6, 6.07) is 0. The Balaban J connectivity index is 1.28. The van der Waals surface area contributed by atoms with E-state index in [0.29, 0.717) is 55.5 Å². The summed E-state index contributed by atoms with van der Waals surface area (Å²) >= 11 is 0. The second kappa shape index (κ2) is 7.74. The predicted octanol–water partition coefficient (Wildman–Crippen LogP) is 4.67. The molecule has 6 aliphatic rings. The molecule has 1 N–H and O–H groups in total. The van der Waals surface area contributed by atoms with Gasteiger partial charge in [-0.05, 0) is 73.8 Å². The second-order valence-corrected chi connectivity index (χ2v) is 12.0. The van der Waals surface area contributed by atoms with Gasteiger partial charge >= 0.3 is 0 Å². The summed E-state index contributed by atoms with van der Waals surface area (Å²) in [6.45, 7) is 3.49. The lowest BCUT2D eigenvalue weighted by atomic mass is 9.50. The molecule has 1 aliphatic heterocycles. The molecule has 186 valence electrons. The van der Waals surface area contributed by atoms with Gasteiger partial charge in [-0.1, -0.05) is 24.6 Å². The first-order chi connectivity index (χ1) is 16.9. The molecule has 3 saturated carbocycles. The molecular formula is C29H36N2O4. The summed E-state index contributed by atoms with van der Waals surface area (Å²) in [5.41, 5.74) is 2.84. The van der Waals surface area contributed by atoms with Crippen molar-refractivity contribution in [1.82, 2.24) is 9.55 Å². The number of carbonyl (C=O) groups is 1. The molecule has 5 aliphatic carbocycles. The van der Waals surface area contributed by atoms with Crippen molar-refractivity contribution in [1.29, 1.82) is 0 Å². The van der Waals surface area contributed by atoms with Crippen molar-refractivity contribution in [3.8, 4) is 0 Å². The Morgan fingerprint density at radius 1 is 1.14 bits per heavy atom. The number of fused-ring (bicyclic) bond motifs is 4. The number of allylic oxidation sites excluding steroid dienone is 5. The van der Waals surface area contributed by atoms with Crippen LogP contribution in [-0.4, -0.2) is 45.0 Å². The Morgan fingerprint density at radius 3 is 2.74 bits per heavy atom. The molecule has 1 spiro atoms. The van der Waals surface area contributed by atoms with Crippen molar-refractivity contribution >= 4 is 11.5 Å². The molecule has 0 aromatic carbocycles. The van der Waals surface area contributed by atoms with E-state index in [-0.39, 0.29) is 5.41 Å². The van der Waals surface area contributed by atoms with Crippen molar-refractivity contribution in [2.45, 2.75) is 76.1 Å². The van der Waals surface area contributed by atoms with Gasteiger partial charge in [-0.15, -0.1) is 0 Å². The predicted molar refractivity (Wildman–Crippen MR) is 131 cm³/mol. The van der Waals surface area contributed by atoms with Crippen LogP contribution in [0.4, 0.5) is 0 Å². The maximum atomic E-state index is 13.2. The van der Waals surface area contributed by atoms with E-state index < -0.39 is 11.4 Å². The second-order valence-electron chi connectivity index (χ2n) is 12.0. The number of ether oxygens (including phenoxy) is 2. The SMILES string of the molecule is CC12CC(C3C=CC(n4ccnc4)=CC3)C3=C4CCC5(CC4(O)CCC3C1CCC2=O)OCCO5. The number of rotatable bonds is 2. The summed E-state index contributed by atoms with van der Waals surface area (Å²) < 4.78 is 14.1. The van der Waals surface area contributed by atoms with Crippen LogP contribution in [0.2, 0.25) is 0 Å². The molecule has 6 unspecified atom stereocenters. The number of aliphatic hydroxyl groups is 1. The van der Waals surface area contributed by atoms with Gasteiger partial charge in [-0.3, -0.25) is 4.79 Å². The zero-order valence-corrected chi connectivity index (χ0v) is 20.6. The van der Waals surface area contributed by atoms with Crippen LogP contribution in [0.1, 0.15) is 64.7 Å². The van der Waals surface area contributed by atoms with Crippen LogP contribution in [0.5, 0.6) is 0 Å². The number of nitrogens with zero attached hydrogens (tertiary/aromatic N) is 2. The Kier molecular flexibility index (Phi) is 4.91. The summed E-state index contributed by atoms with van der Waals surface area (Å²) in [5.74, 6) is 1.31. The van der Waals surface area contributed by atoms with Gasteiger partial charge in [0.05, 0.1) is 25.1 Å². The molecule has 0 bridgehead atoms. The molecule has 6 atom stereocenters. The Labute approximate surface area is 207 Å². The van der Waals surface area contributed by atoms with Gasteiger partial charge in [-0.25, -0.2) is 4.98 Å². The van der Waals surface area contributed by atoms with Gasteiger partial charge in [0, 0.05) is 42.8 Å². The minimum atomic E-state index is -0.848. The highest BCUT2D eigenvalue weighted by Gasteiger charge is 2.61. The number of hydrogen-bond acceptors (Lipinski definition) is 5. The normalized spacial score (nSPS) is 42.1. The number of carbonyl (C=O) groups excluding carboxylic acids is 1. The van der Waals surface area contributed by atoms with Gasteiger partial charge in [0.25, 0.3) is 0 Å². The average molecular weight is 477 g/mol. The standard InChI is InChI=1S/C29H36N2O4/c1-27-16-22(19-2-4-20(5-3-19)31-13-12-30-18-31)26-21(23(27)6-7-25(27)32)8-10-28(33)17-29(11-9-24(26)28)34-14-15-35-29/h2,4-5,12-13,18-19,21-23,33H,3,6-11,14-17H2,1H3. The molecule has 4 fully saturated rings. The lowest BCUT2D eigenvalue weighted by Crippen LogP contribution is -2.54. The first kappa shape index (κ1) is 22.2. The summed E-state index contributed by atoms with van der Waals surface area (Å²) in [4.78, 5) is 17.4. The minimum Gasteiger partial charge on any atom is -0.385 e. The monoisotopic (exact) mass is 476 g/mol. The fourth-order valence-corrected chi connectivity index (χ4v) is 8.76. The molecule has 6 nitrogen and oxygen atoms in total. The third-order valence-electron chi connectivity index (χ3n) is 10.4. The molecule has 1 aromatic heterocycles. The first-order valence-corrected chi connectivity index (χ1v) is 13.5. The topological polar surface area (TPSA) is 73.6 Å². The van der Waals surface area contributed by atoms with E-state index in [1.54, 1.807) is 0 Å². The number of imidazole rings is 1. The van der Waals surface area contributed by atoms with Gasteiger partial charge in [-0.2, -0.15) is 0 Å². The highest BCUT2D eigenvalue weighted by molar-refractivity contribution is 5.87. The zero-order chi connectivity index (χ0) is 23.8. The largest absolute Gasteiger partial charge is 0.385 e. The third-order valence-corrected chi connectivity index (χ3v) is 10.4. The van der Waals surface area contributed by atoms with E-state index >= 15 is 0 Å². The Morgan fingerprint density at radius 2 is 2.00 bits per heavy atom. The van der Waals surface area contributed by atoms with Gasteiger partial charge in [0.1, 0.15) is 5.78 Å². The lowest BCUT2D eigenvalue weighted by Gasteiger charge is -2.56. The van der Waals surface area contributed by atoms with Crippen LogP contribution < -0.4 is 0 Å². The summed E-state index contributed by atoms with van der Waals surface area (Å²) in [7, 11) is 0. The molecule has 0 radical (unpaired) electrons. The van der Waals surface area contributed by atoms with Crippen molar-refractivity contribution in [3.63, 3.8) is 0 Å². The van der Waals surface area contributed by atoms with E-state index in [1.807, 2.05) is 18.7 Å². The molecule has 6 heteroatoms. The number of ketones is 1. The van der Waals surface area contributed by atoms with Crippen molar-refractivity contribution in [2.24, 2.45) is 29.1 Å². The summed E-state index contributed by atoms with van der Waals surface area (Å²) in [6.07, 6.45) is 20.0. The van der Waals surface area contributed by atoms with E-state index in [9.17, 15) is 9.90 Å². The molecule has 1 aromatic rings. The molecule has 0 amide bonds. The molecule has 35 heavy (non-hydrogen) atoms. The van der Waals surface area contributed by atoms with Crippen LogP contribution >= 0.6 is 0 Å². The third kappa shape index (κ3) is 3.25. The number of aromatic nitrogens is 2. The maximum Gasteiger partial charge on any atom is 0.171 e. The van der Waals surface area contributed by atoms with Crippen LogP contribution in [-0.2, 0) is 14.3 Å². The van der Waals surface area contributed by atoms with E-state index in [4.69, 9.17) is 9.47 Å². The summed E-state index contributed by atoms with van der Waals surface area (Å²) in [5, 5.41) is 12.1. The lowest BCUT2D eigenvalue weighted by molar-refractivity contribution is -0.208. The van der Waals surface area contributed by atoms with Crippen LogP contribution in [0.15, 0.2) is 48.1 Å². The first-order valence-electron chi connectivity index (χ1n) is 13.5. The molecular weight excluding hydrogens is 440 g/mol. The molecule has 1 saturated heterocycles. The molecule has 2 heterocycles. The van der Waals surface area contributed by atoms with Gasteiger partial charge in [0.15, 0.2) is 5.79 Å². The van der Waals surface area contributed by atoms with E-state index in [0.717, 1.165) is 50.6 Å².